The summed E-state index contributed by atoms with van der Waals surface area (Å²) in [7, 11) is 0. The molecule has 0 radical (unpaired) electrons. The first kappa shape index (κ1) is 15.2. The van der Waals surface area contributed by atoms with E-state index in [4.69, 9.17) is 28.9 Å². The van der Waals surface area contributed by atoms with Crippen LogP contribution in [0, 0.1) is 11.6 Å². The Labute approximate surface area is 126 Å². The highest BCUT2D eigenvalue weighted by Gasteiger charge is 2.10. The third kappa shape index (κ3) is 3.92. The van der Waals surface area contributed by atoms with Crippen LogP contribution in [0.1, 0.15) is 11.1 Å². The van der Waals surface area contributed by atoms with Crippen LogP contribution in [0.3, 0.4) is 0 Å². The fourth-order valence-corrected chi connectivity index (χ4v) is 2.50. The lowest BCUT2D eigenvalue weighted by Crippen LogP contribution is -2.25. The standard InChI is InChI=1S/C15H13Cl2F2N/c16-11-3-2-10(13(17)8-11)7-12(20)5-9-1-4-14(18)15(19)6-9/h1-4,6,8,12H,5,7,20H2. The van der Waals surface area contributed by atoms with Crippen molar-refractivity contribution in [2.45, 2.75) is 18.9 Å². The minimum atomic E-state index is -0.862. The molecule has 1 unspecified atom stereocenters. The molecule has 1 nitrogen and oxygen atoms in total. The van der Waals surface area contributed by atoms with E-state index in [-0.39, 0.29) is 6.04 Å². The summed E-state index contributed by atoms with van der Waals surface area (Å²) in [5, 5.41) is 1.12. The van der Waals surface area contributed by atoms with E-state index in [9.17, 15) is 8.78 Å². The maximum Gasteiger partial charge on any atom is 0.159 e. The summed E-state index contributed by atoms with van der Waals surface area (Å²) >= 11 is 11.9. The van der Waals surface area contributed by atoms with Crippen molar-refractivity contribution in [1.29, 1.82) is 0 Å². The van der Waals surface area contributed by atoms with Gasteiger partial charge in [-0.25, -0.2) is 8.78 Å². The van der Waals surface area contributed by atoms with Crippen LogP contribution in [0.5, 0.6) is 0 Å². The van der Waals surface area contributed by atoms with Gasteiger partial charge in [-0.2, -0.15) is 0 Å². The van der Waals surface area contributed by atoms with Crippen LogP contribution in [0.2, 0.25) is 10.0 Å². The van der Waals surface area contributed by atoms with E-state index in [1.54, 1.807) is 12.1 Å². The topological polar surface area (TPSA) is 26.0 Å². The molecular formula is C15H13Cl2F2N. The number of benzene rings is 2. The van der Waals surface area contributed by atoms with E-state index in [2.05, 4.69) is 0 Å². The van der Waals surface area contributed by atoms with Crippen LogP contribution < -0.4 is 5.73 Å². The minimum absolute atomic E-state index is 0.237. The Morgan fingerprint density at radius 1 is 0.950 bits per heavy atom. The Morgan fingerprint density at radius 2 is 1.70 bits per heavy atom. The van der Waals surface area contributed by atoms with Gasteiger partial charge in [0.1, 0.15) is 0 Å². The second-order valence-corrected chi connectivity index (χ2v) is 5.50. The summed E-state index contributed by atoms with van der Waals surface area (Å²) in [5.41, 5.74) is 7.56. The predicted octanol–water partition coefficient (Wildman–Crippen LogP) is 4.38. The quantitative estimate of drug-likeness (QED) is 0.890. The normalized spacial score (nSPS) is 12.4. The lowest BCUT2D eigenvalue weighted by atomic mass is 9.99. The molecule has 0 fully saturated rings. The molecule has 0 bridgehead atoms. The van der Waals surface area contributed by atoms with Crippen LogP contribution in [0.4, 0.5) is 8.78 Å². The van der Waals surface area contributed by atoms with E-state index in [1.165, 1.54) is 12.1 Å². The van der Waals surface area contributed by atoms with Gasteiger partial charge in [-0.15, -0.1) is 0 Å². The second-order valence-electron chi connectivity index (χ2n) is 4.65. The predicted molar refractivity (Wildman–Crippen MR) is 78.2 cm³/mol. The Hall–Kier alpha value is -1.16. The van der Waals surface area contributed by atoms with Gasteiger partial charge in [0.25, 0.3) is 0 Å². The van der Waals surface area contributed by atoms with Crippen LogP contribution in [-0.4, -0.2) is 6.04 Å². The maximum atomic E-state index is 13.1. The summed E-state index contributed by atoms with van der Waals surface area (Å²) in [6, 6.07) is 8.78. The molecule has 0 aliphatic carbocycles. The monoisotopic (exact) mass is 315 g/mol. The Kier molecular flexibility index (Phi) is 4.97. The van der Waals surface area contributed by atoms with Crippen LogP contribution in [0.15, 0.2) is 36.4 Å². The minimum Gasteiger partial charge on any atom is -0.327 e. The summed E-state index contributed by atoms with van der Waals surface area (Å²) < 4.78 is 26.0. The highest BCUT2D eigenvalue weighted by Crippen LogP contribution is 2.22. The van der Waals surface area contributed by atoms with Crippen molar-refractivity contribution < 1.29 is 8.78 Å². The number of hydrogen-bond acceptors (Lipinski definition) is 1. The fraction of sp³-hybridized carbons (Fsp3) is 0.200. The average Bonchev–Trinajstić information content (AvgIpc) is 2.37. The molecule has 0 aliphatic heterocycles. The Bertz CT molecular complexity index is 617. The zero-order chi connectivity index (χ0) is 14.7. The van der Waals surface area contributed by atoms with Crippen LogP contribution >= 0.6 is 23.2 Å². The third-order valence-electron chi connectivity index (χ3n) is 2.98. The summed E-state index contributed by atoms with van der Waals surface area (Å²) in [5.74, 6) is -1.72. The zero-order valence-electron chi connectivity index (χ0n) is 10.5. The molecule has 0 aliphatic rings. The van der Waals surface area contributed by atoms with Crippen LogP contribution in [0.25, 0.3) is 0 Å². The largest absolute Gasteiger partial charge is 0.327 e. The molecule has 0 saturated heterocycles. The first-order chi connectivity index (χ1) is 9.45. The Balaban J connectivity index is 2.04. The highest BCUT2D eigenvalue weighted by molar-refractivity contribution is 6.35. The zero-order valence-corrected chi connectivity index (χ0v) is 12.1. The van der Waals surface area contributed by atoms with Crippen molar-refractivity contribution in [2.75, 3.05) is 0 Å². The van der Waals surface area contributed by atoms with Gasteiger partial charge in [0.05, 0.1) is 0 Å². The van der Waals surface area contributed by atoms with Gasteiger partial charge in [0.2, 0.25) is 0 Å². The third-order valence-corrected chi connectivity index (χ3v) is 3.57. The molecule has 0 heterocycles. The van der Waals surface area contributed by atoms with Crippen molar-refractivity contribution in [3.8, 4) is 0 Å². The SMILES string of the molecule is NC(Cc1ccc(F)c(F)c1)Cc1ccc(Cl)cc1Cl. The van der Waals surface area contributed by atoms with E-state index >= 15 is 0 Å². The molecule has 0 amide bonds. The number of hydrogen-bond donors (Lipinski definition) is 1. The van der Waals surface area contributed by atoms with Crippen LogP contribution in [-0.2, 0) is 12.8 Å². The van der Waals surface area contributed by atoms with Gasteiger partial charge < -0.3 is 5.73 Å². The fourth-order valence-electron chi connectivity index (χ4n) is 2.01. The van der Waals surface area contributed by atoms with Gasteiger partial charge in [0, 0.05) is 16.1 Å². The van der Waals surface area contributed by atoms with Gasteiger partial charge in [-0.05, 0) is 48.2 Å². The van der Waals surface area contributed by atoms with E-state index in [0.29, 0.717) is 28.5 Å². The molecule has 0 spiro atoms. The van der Waals surface area contributed by atoms with Crippen molar-refractivity contribution in [3.63, 3.8) is 0 Å². The molecule has 106 valence electrons. The second kappa shape index (κ2) is 6.53. The van der Waals surface area contributed by atoms with Gasteiger partial charge in [0.15, 0.2) is 11.6 Å². The molecule has 0 saturated carbocycles. The number of rotatable bonds is 4. The van der Waals surface area contributed by atoms with Gasteiger partial charge >= 0.3 is 0 Å². The lowest BCUT2D eigenvalue weighted by Gasteiger charge is -2.13. The first-order valence-electron chi connectivity index (χ1n) is 6.09. The first-order valence-corrected chi connectivity index (χ1v) is 6.84. The molecule has 2 aromatic rings. The molecule has 2 aromatic carbocycles. The number of nitrogens with two attached hydrogens (primary N) is 1. The summed E-state index contributed by atoms with van der Waals surface area (Å²) in [6.07, 6.45) is 0.977. The number of halogens is 4. The van der Waals surface area contributed by atoms with E-state index in [0.717, 1.165) is 11.6 Å². The van der Waals surface area contributed by atoms with Crippen molar-refractivity contribution in [3.05, 3.63) is 69.2 Å². The molecule has 1 atom stereocenters. The molecule has 0 aromatic heterocycles. The highest BCUT2D eigenvalue weighted by atomic mass is 35.5. The lowest BCUT2D eigenvalue weighted by molar-refractivity contribution is 0.506. The smallest absolute Gasteiger partial charge is 0.159 e. The van der Waals surface area contributed by atoms with Crippen molar-refractivity contribution in [1.82, 2.24) is 0 Å². The molecule has 2 N–H and O–H groups in total. The van der Waals surface area contributed by atoms with Gasteiger partial charge in [-0.1, -0.05) is 35.3 Å². The molecule has 5 heteroatoms. The van der Waals surface area contributed by atoms with Gasteiger partial charge in [-0.3, -0.25) is 0 Å². The van der Waals surface area contributed by atoms with Crippen molar-refractivity contribution >= 4 is 23.2 Å². The summed E-state index contributed by atoms with van der Waals surface area (Å²) in [6.45, 7) is 0. The average molecular weight is 316 g/mol. The summed E-state index contributed by atoms with van der Waals surface area (Å²) in [4.78, 5) is 0. The molecule has 2 rings (SSSR count). The van der Waals surface area contributed by atoms with E-state index < -0.39 is 11.6 Å². The Morgan fingerprint density at radius 3 is 2.35 bits per heavy atom. The molecule has 20 heavy (non-hydrogen) atoms. The molecular weight excluding hydrogens is 303 g/mol. The van der Waals surface area contributed by atoms with E-state index in [1.807, 2.05) is 6.07 Å². The maximum absolute atomic E-state index is 13.1. The van der Waals surface area contributed by atoms with Crippen molar-refractivity contribution in [2.24, 2.45) is 5.73 Å².